The number of nitrogens with zero attached hydrogens (tertiary/aromatic N) is 3. The Morgan fingerprint density at radius 1 is 1.29 bits per heavy atom. The van der Waals surface area contributed by atoms with Crippen LogP contribution in [0.25, 0.3) is 22.4 Å². The molecule has 1 saturated carbocycles. The number of imidazole rings is 1. The fourth-order valence-electron chi connectivity index (χ4n) is 4.29. The molecule has 1 fully saturated rings. The van der Waals surface area contributed by atoms with Crippen LogP contribution in [0.1, 0.15) is 51.7 Å². The molecule has 1 aliphatic carbocycles. The Balaban J connectivity index is 1.65. The summed E-state index contributed by atoms with van der Waals surface area (Å²) in [5, 5.41) is 13.3. The molecule has 2 aromatic heterocycles. The van der Waals surface area contributed by atoms with E-state index in [0.29, 0.717) is 18.0 Å². The van der Waals surface area contributed by atoms with Crippen LogP contribution in [0.4, 0.5) is 0 Å². The van der Waals surface area contributed by atoms with Crippen molar-refractivity contribution in [2.75, 3.05) is 0 Å². The highest BCUT2D eigenvalue weighted by Gasteiger charge is 2.29. The number of fused-ring (bicyclic) bond motifs is 1. The van der Waals surface area contributed by atoms with Crippen LogP contribution in [0, 0.1) is 12.8 Å². The average Bonchev–Trinajstić information content (AvgIpc) is 3.50. The summed E-state index contributed by atoms with van der Waals surface area (Å²) < 4.78 is 9.32. The molecule has 1 aromatic carbocycles. The van der Waals surface area contributed by atoms with Crippen molar-refractivity contribution in [3.05, 3.63) is 51.9 Å². The summed E-state index contributed by atoms with van der Waals surface area (Å²) in [7, 11) is 1.76. The minimum atomic E-state index is -0.895. The van der Waals surface area contributed by atoms with Crippen LogP contribution >= 0.6 is 0 Å². The SMILES string of the molecule is Cc1cc(-c2nc3ccc(CN[C@H](C(=O)OC(C)(C)C)[C@@H](C)O)cc3n2CC2CC2)cn(C)c1=O. The van der Waals surface area contributed by atoms with Gasteiger partial charge in [0.1, 0.15) is 17.5 Å². The van der Waals surface area contributed by atoms with Gasteiger partial charge in [0.15, 0.2) is 0 Å². The first kappa shape index (κ1) is 25.1. The molecule has 8 heteroatoms. The maximum Gasteiger partial charge on any atom is 0.326 e. The molecule has 2 N–H and O–H groups in total. The number of nitrogens with one attached hydrogen (secondary N) is 1. The Bertz CT molecular complexity index is 1270. The molecule has 0 spiro atoms. The minimum absolute atomic E-state index is 0.00961. The van der Waals surface area contributed by atoms with E-state index in [2.05, 4.69) is 16.0 Å². The van der Waals surface area contributed by atoms with E-state index in [-0.39, 0.29) is 5.56 Å². The lowest BCUT2D eigenvalue weighted by atomic mass is 10.1. The molecule has 0 bridgehead atoms. The standard InChI is InChI=1S/C27H36N4O4/c1-16-11-20(15-30(6)25(16)33)24-29-21-10-9-19(12-22(21)31(24)14-18-7-8-18)13-28-23(17(2)32)26(34)35-27(3,4)5/h9-12,15,17-18,23,28,32H,7-8,13-14H2,1-6H3/t17-,23+/m1/s1. The fourth-order valence-corrected chi connectivity index (χ4v) is 4.29. The third kappa shape index (κ3) is 5.82. The van der Waals surface area contributed by atoms with E-state index < -0.39 is 23.7 Å². The fraction of sp³-hybridized carbons (Fsp3) is 0.519. The van der Waals surface area contributed by atoms with Gasteiger partial charge in [0, 0.05) is 37.5 Å². The van der Waals surface area contributed by atoms with Gasteiger partial charge in [0.25, 0.3) is 5.56 Å². The van der Waals surface area contributed by atoms with Crippen molar-refractivity contribution in [3.63, 3.8) is 0 Å². The Hall–Kier alpha value is -2.97. The molecule has 0 radical (unpaired) electrons. The zero-order chi connectivity index (χ0) is 25.5. The van der Waals surface area contributed by atoms with E-state index in [1.54, 1.807) is 18.5 Å². The molecular weight excluding hydrogens is 444 g/mol. The number of pyridine rings is 1. The van der Waals surface area contributed by atoms with Gasteiger partial charge < -0.3 is 19.0 Å². The smallest absolute Gasteiger partial charge is 0.326 e. The Morgan fingerprint density at radius 2 is 2.00 bits per heavy atom. The van der Waals surface area contributed by atoms with Crippen LogP contribution in [0.5, 0.6) is 0 Å². The summed E-state index contributed by atoms with van der Waals surface area (Å²) in [6, 6.07) is 7.13. The van der Waals surface area contributed by atoms with Crippen LogP contribution in [0.15, 0.2) is 35.3 Å². The molecule has 2 heterocycles. The van der Waals surface area contributed by atoms with Crippen LogP contribution in [0.3, 0.4) is 0 Å². The second-order valence-corrected chi connectivity index (χ2v) is 10.8. The van der Waals surface area contributed by atoms with Gasteiger partial charge in [-0.3, -0.25) is 14.9 Å². The number of hydrogen-bond acceptors (Lipinski definition) is 6. The largest absolute Gasteiger partial charge is 0.459 e. The quantitative estimate of drug-likeness (QED) is 0.480. The molecule has 188 valence electrons. The second-order valence-electron chi connectivity index (χ2n) is 10.8. The molecular formula is C27H36N4O4. The number of esters is 1. The first-order chi connectivity index (χ1) is 16.4. The van der Waals surface area contributed by atoms with Crippen molar-refractivity contribution in [2.24, 2.45) is 13.0 Å². The lowest BCUT2D eigenvalue weighted by Gasteiger charge is -2.26. The van der Waals surface area contributed by atoms with Crippen molar-refractivity contribution < 1.29 is 14.6 Å². The number of aliphatic hydroxyl groups excluding tert-OH is 1. The first-order valence-corrected chi connectivity index (χ1v) is 12.2. The summed E-state index contributed by atoms with van der Waals surface area (Å²) in [5.41, 5.74) is 3.84. The van der Waals surface area contributed by atoms with Gasteiger partial charge in [-0.25, -0.2) is 4.98 Å². The Morgan fingerprint density at radius 3 is 2.60 bits per heavy atom. The number of carbonyl (C=O) groups excluding carboxylic acids is 1. The number of carbonyl (C=O) groups is 1. The van der Waals surface area contributed by atoms with Crippen molar-refractivity contribution in [2.45, 2.75) is 78.3 Å². The maximum atomic E-state index is 12.6. The van der Waals surface area contributed by atoms with Crippen LogP contribution < -0.4 is 10.9 Å². The normalized spacial score (nSPS) is 15.9. The lowest BCUT2D eigenvalue weighted by Crippen LogP contribution is -2.47. The zero-order valence-electron chi connectivity index (χ0n) is 21.5. The molecule has 1 aliphatic rings. The van der Waals surface area contributed by atoms with E-state index in [4.69, 9.17) is 9.72 Å². The van der Waals surface area contributed by atoms with Gasteiger partial charge in [0.2, 0.25) is 0 Å². The van der Waals surface area contributed by atoms with Gasteiger partial charge in [-0.15, -0.1) is 0 Å². The summed E-state index contributed by atoms with van der Waals surface area (Å²) in [6.07, 6.45) is 3.36. The molecule has 0 saturated heterocycles. The van der Waals surface area contributed by atoms with Crippen molar-refractivity contribution in [1.82, 2.24) is 19.4 Å². The predicted octanol–water partition coefficient (Wildman–Crippen LogP) is 3.30. The van der Waals surface area contributed by atoms with Crippen LogP contribution in [-0.4, -0.2) is 42.9 Å². The Kier molecular flexibility index (Phi) is 6.88. The number of benzene rings is 1. The summed E-state index contributed by atoms with van der Waals surface area (Å²) >= 11 is 0. The van der Waals surface area contributed by atoms with Crippen molar-refractivity contribution in [1.29, 1.82) is 0 Å². The number of hydrogen-bond donors (Lipinski definition) is 2. The number of rotatable bonds is 8. The molecule has 0 amide bonds. The van der Waals surface area contributed by atoms with Gasteiger partial charge in [0.05, 0.1) is 17.1 Å². The molecule has 0 unspecified atom stereocenters. The predicted molar refractivity (Wildman–Crippen MR) is 136 cm³/mol. The average molecular weight is 481 g/mol. The zero-order valence-corrected chi connectivity index (χ0v) is 21.5. The minimum Gasteiger partial charge on any atom is -0.459 e. The Labute approximate surface area is 205 Å². The highest BCUT2D eigenvalue weighted by Crippen LogP contribution is 2.34. The van der Waals surface area contributed by atoms with E-state index in [9.17, 15) is 14.7 Å². The van der Waals surface area contributed by atoms with Gasteiger partial charge in [-0.05, 0) is 77.1 Å². The highest BCUT2D eigenvalue weighted by atomic mass is 16.6. The van der Waals surface area contributed by atoms with Crippen molar-refractivity contribution in [3.8, 4) is 11.4 Å². The van der Waals surface area contributed by atoms with Crippen LogP contribution in [0.2, 0.25) is 0 Å². The highest BCUT2D eigenvalue weighted by molar-refractivity contribution is 5.81. The molecule has 4 rings (SSSR count). The molecule has 8 nitrogen and oxygen atoms in total. The van der Waals surface area contributed by atoms with E-state index >= 15 is 0 Å². The molecule has 35 heavy (non-hydrogen) atoms. The van der Waals surface area contributed by atoms with E-state index in [1.165, 1.54) is 12.8 Å². The molecule has 0 aliphatic heterocycles. The molecule has 2 atom stereocenters. The first-order valence-electron chi connectivity index (χ1n) is 12.2. The second kappa shape index (κ2) is 9.59. The third-order valence-electron chi connectivity index (χ3n) is 6.24. The number of aromatic nitrogens is 3. The van der Waals surface area contributed by atoms with Gasteiger partial charge in [-0.2, -0.15) is 0 Å². The van der Waals surface area contributed by atoms with Crippen molar-refractivity contribution >= 4 is 17.0 Å². The van der Waals surface area contributed by atoms with Gasteiger partial charge in [-0.1, -0.05) is 6.07 Å². The number of aliphatic hydroxyl groups is 1. The summed E-state index contributed by atoms with van der Waals surface area (Å²) in [6.45, 7) is 10.1. The van der Waals surface area contributed by atoms with E-state index in [0.717, 1.165) is 34.5 Å². The summed E-state index contributed by atoms with van der Waals surface area (Å²) in [4.78, 5) is 29.7. The monoisotopic (exact) mass is 480 g/mol. The maximum absolute atomic E-state index is 12.6. The number of aryl methyl sites for hydroxylation is 2. The van der Waals surface area contributed by atoms with Gasteiger partial charge >= 0.3 is 5.97 Å². The molecule has 3 aromatic rings. The van der Waals surface area contributed by atoms with E-state index in [1.807, 2.05) is 52.1 Å². The lowest BCUT2D eigenvalue weighted by molar-refractivity contribution is -0.160. The van der Waals surface area contributed by atoms with Crippen LogP contribution in [-0.2, 0) is 29.7 Å². The topological polar surface area (TPSA) is 98.4 Å². The number of ether oxygens (including phenoxy) is 1. The third-order valence-corrected chi connectivity index (χ3v) is 6.24. The summed E-state index contributed by atoms with van der Waals surface area (Å²) in [5.74, 6) is 1.01.